The van der Waals surface area contributed by atoms with Crippen LogP contribution in [0, 0.1) is 0 Å². The van der Waals surface area contributed by atoms with Gasteiger partial charge in [-0.3, -0.25) is 14.1 Å². The molecule has 3 atom stereocenters. The Labute approximate surface area is 278 Å². The lowest BCUT2D eigenvalue weighted by Crippen LogP contribution is -2.76. The normalized spacial score (nSPS) is 21.0. The second-order valence-electron chi connectivity index (χ2n) is 12.3. The lowest BCUT2D eigenvalue weighted by molar-refractivity contribution is -0.218. The zero-order chi connectivity index (χ0) is 35.0. The number of anilines is 2. The maximum Gasteiger partial charge on any atom is 0.418 e. The van der Waals surface area contributed by atoms with Crippen molar-refractivity contribution in [3.05, 3.63) is 41.4 Å². The predicted molar refractivity (Wildman–Crippen MR) is 172 cm³/mol. The van der Waals surface area contributed by atoms with Crippen molar-refractivity contribution in [3.8, 4) is 5.75 Å². The molecule has 2 aliphatic rings. The number of amides is 2. The highest BCUT2D eigenvalue weighted by molar-refractivity contribution is 7.80. The van der Waals surface area contributed by atoms with Crippen LogP contribution in [-0.4, -0.2) is 99.0 Å². The van der Waals surface area contributed by atoms with E-state index in [2.05, 4.69) is 49.2 Å². The smallest absolute Gasteiger partial charge is 0.418 e. The molecule has 2 amide bonds. The van der Waals surface area contributed by atoms with Crippen molar-refractivity contribution in [2.45, 2.75) is 63.4 Å². The number of hydrogen-bond acceptors (Lipinski definition) is 15. The third-order valence-electron chi connectivity index (χ3n) is 7.65. The van der Waals surface area contributed by atoms with E-state index in [1.807, 2.05) is 12.1 Å². The highest BCUT2D eigenvalue weighted by atomic mass is 32.3. The second-order valence-corrected chi connectivity index (χ2v) is 14.2. The topological polar surface area (TPSA) is 257 Å². The van der Waals surface area contributed by atoms with E-state index in [0.717, 1.165) is 35.5 Å². The number of benzene rings is 1. The number of hydrogen-bond donors (Lipinski definition) is 6. The van der Waals surface area contributed by atoms with Crippen molar-refractivity contribution in [2.75, 3.05) is 24.2 Å². The van der Waals surface area contributed by atoms with E-state index in [1.165, 1.54) is 19.2 Å². The molecule has 5 rings (SSSR count). The molecular formula is C28H34N8O10S2. The molecule has 2 fully saturated rings. The number of carboxylic acid groups (broad SMARTS) is 1. The average Bonchev–Trinajstić information content (AvgIpc) is 3.58. The van der Waals surface area contributed by atoms with Crippen LogP contribution in [0.4, 0.5) is 10.9 Å². The van der Waals surface area contributed by atoms with Gasteiger partial charge in [0.1, 0.15) is 29.9 Å². The first-order valence-electron chi connectivity index (χ1n) is 14.5. The lowest BCUT2D eigenvalue weighted by atomic mass is 9.84. The zero-order valence-electron chi connectivity index (χ0n) is 26.2. The summed E-state index contributed by atoms with van der Waals surface area (Å²) in [4.78, 5) is 51.7. The molecule has 2 aliphatic heterocycles. The molecule has 0 radical (unpaired) electrons. The number of β-lactam (4-membered cyclic amide) rings is 1. The molecule has 2 aromatic heterocycles. The Balaban J connectivity index is 1.26. The summed E-state index contributed by atoms with van der Waals surface area (Å²) in [5.41, 5.74) is 4.42. The summed E-state index contributed by atoms with van der Waals surface area (Å²) >= 11 is 0.961. The van der Waals surface area contributed by atoms with Gasteiger partial charge < -0.3 is 36.4 Å². The van der Waals surface area contributed by atoms with Crippen molar-refractivity contribution in [1.82, 2.24) is 25.7 Å². The van der Waals surface area contributed by atoms with Gasteiger partial charge in [0.25, 0.3) is 17.9 Å². The van der Waals surface area contributed by atoms with Crippen LogP contribution in [0.25, 0.3) is 10.9 Å². The molecule has 20 heteroatoms. The van der Waals surface area contributed by atoms with E-state index in [0.29, 0.717) is 16.3 Å². The molecule has 0 spiro atoms. The first-order chi connectivity index (χ1) is 22.4. The monoisotopic (exact) mass is 706 g/mol. The first-order valence-corrected chi connectivity index (χ1v) is 16.7. The second kappa shape index (κ2) is 13.1. The molecule has 1 aromatic carbocycles. The fourth-order valence-electron chi connectivity index (χ4n) is 5.20. The van der Waals surface area contributed by atoms with Gasteiger partial charge in [-0.1, -0.05) is 5.16 Å². The summed E-state index contributed by atoms with van der Waals surface area (Å²) < 4.78 is 41.2. The third kappa shape index (κ3) is 7.90. The first kappa shape index (κ1) is 34.7. The van der Waals surface area contributed by atoms with E-state index in [4.69, 9.17) is 19.9 Å². The summed E-state index contributed by atoms with van der Waals surface area (Å²) in [5.74, 6) is -2.40. The Bertz CT molecular complexity index is 1880. The standard InChI is InChI=1S/C28H34N8O10S2/c1-27(2)10-15(11-30-27)31-20-8-5-14-9-16(6-7-17(14)32-20)44-12-19(25(39)40)45-35-21(18-13-47-26(29)33-18)23(37)34-22-24(38)36(28(22,3)4)46-48(41,42)43/h5-9,13,15,19,22,30H,10-12H2,1-4H3,(H2,29,33)(H,31,32)(H,34,37)(H,39,40)(H,41,42,43)/b35-21-/t15?,19?,22-/m1/s1. The number of rotatable bonds is 13. The number of nitrogens with zero attached hydrogens (tertiary/aromatic N) is 4. The summed E-state index contributed by atoms with van der Waals surface area (Å²) in [5, 5.41) is 25.3. The molecular weight excluding hydrogens is 672 g/mol. The fraction of sp³-hybridized carbons (Fsp3) is 0.429. The number of nitrogens with one attached hydrogen (secondary N) is 3. The number of ether oxygens (including phenoxy) is 1. The van der Waals surface area contributed by atoms with Crippen molar-refractivity contribution in [2.24, 2.45) is 5.16 Å². The number of carbonyl (C=O) groups excluding carboxylic acids is 2. The summed E-state index contributed by atoms with van der Waals surface area (Å²) in [6.07, 6.45) is -0.735. The molecule has 18 nitrogen and oxygen atoms in total. The summed E-state index contributed by atoms with van der Waals surface area (Å²) in [7, 11) is -5.02. The molecule has 2 unspecified atom stereocenters. The molecule has 3 aromatic rings. The van der Waals surface area contributed by atoms with Crippen molar-refractivity contribution in [1.29, 1.82) is 0 Å². The SMILES string of the molecule is CC1(C)CC(Nc2ccc3cc(OCC(O/N=C(\C(=O)N[C@@H]4C(=O)N(OS(=O)(=O)O)C4(C)C)c4csc(N)n4)C(=O)O)ccc3n2)CN1. The van der Waals surface area contributed by atoms with E-state index >= 15 is 0 Å². The number of carboxylic acids is 1. The van der Waals surface area contributed by atoms with Crippen LogP contribution in [0.3, 0.4) is 0 Å². The Kier molecular flexibility index (Phi) is 9.48. The van der Waals surface area contributed by atoms with Crippen molar-refractivity contribution >= 4 is 67.1 Å². The highest BCUT2D eigenvalue weighted by Crippen LogP contribution is 2.33. The number of thiazole rings is 1. The molecule has 2 saturated heterocycles. The van der Waals surface area contributed by atoms with Gasteiger partial charge in [-0.15, -0.1) is 15.6 Å². The van der Waals surface area contributed by atoms with Crippen LogP contribution >= 0.6 is 11.3 Å². The van der Waals surface area contributed by atoms with Gasteiger partial charge >= 0.3 is 16.4 Å². The minimum atomic E-state index is -5.02. The van der Waals surface area contributed by atoms with Crippen LogP contribution in [0.15, 0.2) is 40.9 Å². The van der Waals surface area contributed by atoms with E-state index in [9.17, 15) is 27.9 Å². The third-order valence-corrected chi connectivity index (χ3v) is 8.66. The predicted octanol–water partition coefficient (Wildman–Crippen LogP) is 0.919. The van der Waals surface area contributed by atoms with Gasteiger partial charge in [-0.25, -0.2) is 14.8 Å². The van der Waals surface area contributed by atoms with E-state index in [-0.39, 0.29) is 22.4 Å². The Morgan fingerprint density at radius 2 is 1.98 bits per heavy atom. The lowest BCUT2D eigenvalue weighted by Gasteiger charge is -2.50. The van der Waals surface area contributed by atoms with Crippen LogP contribution in [-0.2, 0) is 33.9 Å². The molecule has 4 heterocycles. The number of aliphatic carboxylic acids is 1. The molecule has 0 bridgehead atoms. The number of aromatic nitrogens is 2. The maximum atomic E-state index is 13.2. The van der Waals surface area contributed by atoms with Gasteiger partial charge in [0.15, 0.2) is 10.8 Å². The summed E-state index contributed by atoms with van der Waals surface area (Å²) in [6.45, 7) is 7.34. The molecule has 48 heavy (non-hydrogen) atoms. The van der Waals surface area contributed by atoms with E-state index in [1.54, 1.807) is 18.2 Å². The maximum absolute atomic E-state index is 13.2. The minimum Gasteiger partial charge on any atom is -0.489 e. The number of nitrogens with two attached hydrogens (primary N) is 1. The van der Waals surface area contributed by atoms with Gasteiger partial charge in [-0.05, 0) is 64.4 Å². The minimum absolute atomic E-state index is 0.0500. The zero-order valence-corrected chi connectivity index (χ0v) is 27.8. The number of fused-ring (bicyclic) bond motifs is 1. The van der Waals surface area contributed by atoms with Crippen LogP contribution < -0.4 is 26.4 Å². The fourth-order valence-corrected chi connectivity index (χ4v) is 6.20. The van der Waals surface area contributed by atoms with Gasteiger partial charge in [0, 0.05) is 28.9 Å². The average molecular weight is 707 g/mol. The number of carbonyl (C=O) groups is 3. The molecule has 0 saturated carbocycles. The van der Waals surface area contributed by atoms with Crippen molar-refractivity contribution in [3.63, 3.8) is 0 Å². The van der Waals surface area contributed by atoms with Crippen LogP contribution in [0.1, 0.15) is 39.8 Å². The molecule has 7 N–H and O–H groups in total. The largest absolute Gasteiger partial charge is 0.489 e. The van der Waals surface area contributed by atoms with Crippen LogP contribution in [0.2, 0.25) is 0 Å². The van der Waals surface area contributed by atoms with E-state index < -0.39 is 58.2 Å². The van der Waals surface area contributed by atoms with Gasteiger partial charge in [0.05, 0.1) is 11.1 Å². The number of hydroxylamine groups is 2. The number of pyridine rings is 1. The molecule has 258 valence electrons. The quantitative estimate of drug-likeness (QED) is 0.0625. The number of oxime groups is 1. The number of nitrogen functional groups attached to an aromatic ring is 1. The van der Waals surface area contributed by atoms with Crippen molar-refractivity contribution < 1.29 is 46.3 Å². The Morgan fingerprint density at radius 3 is 2.58 bits per heavy atom. The van der Waals surface area contributed by atoms with Gasteiger partial charge in [0.2, 0.25) is 0 Å². The molecule has 0 aliphatic carbocycles. The van der Waals surface area contributed by atoms with Crippen LogP contribution in [0.5, 0.6) is 5.75 Å². The van der Waals surface area contributed by atoms with Gasteiger partial charge in [-0.2, -0.15) is 13.5 Å². The summed E-state index contributed by atoms with van der Waals surface area (Å²) in [6, 6.07) is 7.70. The highest BCUT2D eigenvalue weighted by Gasteiger charge is 2.58. The Hall–Kier alpha value is -4.63. The Morgan fingerprint density at radius 1 is 1.23 bits per heavy atom.